The molecule has 0 aliphatic carbocycles. The maximum atomic E-state index is 11.9. The van der Waals surface area contributed by atoms with Crippen LogP contribution in [0.5, 0.6) is 0 Å². The number of rotatable bonds is 3. The first-order valence-corrected chi connectivity index (χ1v) is 4.83. The van der Waals surface area contributed by atoms with E-state index in [2.05, 4.69) is 10.3 Å². The highest BCUT2D eigenvalue weighted by molar-refractivity contribution is 5.77. The fourth-order valence-electron chi connectivity index (χ4n) is 1.47. The summed E-state index contributed by atoms with van der Waals surface area (Å²) >= 11 is 0. The molecule has 1 aromatic heterocycles. The van der Waals surface area contributed by atoms with Crippen LogP contribution in [0.3, 0.4) is 0 Å². The van der Waals surface area contributed by atoms with Crippen molar-refractivity contribution in [2.45, 2.75) is 6.04 Å². The van der Waals surface area contributed by atoms with Crippen LogP contribution in [0.2, 0.25) is 0 Å². The Bertz CT molecular complexity index is 622. The van der Waals surface area contributed by atoms with Gasteiger partial charge in [0, 0.05) is 0 Å². The third kappa shape index (κ3) is 1.87. The first-order chi connectivity index (χ1) is 8.15. The summed E-state index contributed by atoms with van der Waals surface area (Å²) in [6.45, 7) is -0.720. The molecule has 2 aromatic rings. The summed E-state index contributed by atoms with van der Waals surface area (Å²) in [6, 6.07) is 5.05. The van der Waals surface area contributed by atoms with Crippen LogP contribution in [0.25, 0.3) is 10.9 Å². The zero-order valence-corrected chi connectivity index (χ0v) is 8.65. The molecule has 1 heterocycles. The van der Waals surface area contributed by atoms with Gasteiger partial charge in [0.1, 0.15) is 5.52 Å². The molecule has 2 N–H and O–H groups in total. The summed E-state index contributed by atoms with van der Waals surface area (Å²) in [7, 11) is 0. The molecular formula is C10H9N3O4. The number of benzene rings is 1. The van der Waals surface area contributed by atoms with E-state index in [4.69, 9.17) is 10.2 Å². The zero-order valence-electron chi connectivity index (χ0n) is 8.65. The van der Waals surface area contributed by atoms with Gasteiger partial charge in [-0.15, -0.1) is 5.10 Å². The van der Waals surface area contributed by atoms with Crippen molar-refractivity contribution in [1.82, 2.24) is 15.0 Å². The highest BCUT2D eigenvalue weighted by Gasteiger charge is 2.22. The van der Waals surface area contributed by atoms with Crippen LogP contribution in [0, 0.1) is 0 Å². The lowest BCUT2D eigenvalue weighted by molar-refractivity contribution is -0.142. The van der Waals surface area contributed by atoms with Crippen LogP contribution in [0.15, 0.2) is 29.1 Å². The molecule has 7 heteroatoms. The Kier molecular flexibility index (Phi) is 2.84. The monoisotopic (exact) mass is 235 g/mol. The van der Waals surface area contributed by atoms with Gasteiger partial charge < -0.3 is 10.2 Å². The van der Waals surface area contributed by atoms with E-state index in [-0.39, 0.29) is 5.39 Å². The van der Waals surface area contributed by atoms with Crippen LogP contribution in [-0.4, -0.2) is 37.8 Å². The molecule has 7 nitrogen and oxygen atoms in total. The summed E-state index contributed by atoms with van der Waals surface area (Å²) < 4.78 is 0.671. The number of fused-ring (bicyclic) bond motifs is 1. The number of hydrogen-bond donors (Lipinski definition) is 2. The number of nitrogens with zero attached hydrogens (tertiary/aromatic N) is 3. The van der Waals surface area contributed by atoms with E-state index in [1.165, 1.54) is 6.07 Å². The van der Waals surface area contributed by atoms with Crippen molar-refractivity contribution in [2.24, 2.45) is 0 Å². The van der Waals surface area contributed by atoms with E-state index in [0.29, 0.717) is 10.2 Å². The molecule has 0 spiro atoms. The Balaban J connectivity index is 2.68. The van der Waals surface area contributed by atoms with Gasteiger partial charge in [-0.3, -0.25) is 4.79 Å². The first kappa shape index (κ1) is 11.2. The fraction of sp³-hybridized carbons (Fsp3) is 0.200. The molecule has 0 amide bonds. The number of carboxylic acids is 1. The van der Waals surface area contributed by atoms with Crippen molar-refractivity contribution in [1.29, 1.82) is 0 Å². The quantitative estimate of drug-likeness (QED) is 0.736. The summed E-state index contributed by atoms with van der Waals surface area (Å²) in [5.41, 5.74) is -0.201. The first-order valence-electron chi connectivity index (χ1n) is 4.83. The average Bonchev–Trinajstić information content (AvgIpc) is 2.33. The number of aliphatic hydroxyl groups is 1. The summed E-state index contributed by atoms with van der Waals surface area (Å²) in [6.07, 6.45) is 0. The lowest BCUT2D eigenvalue weighted by Crippen LogP contribution is -2.34. The Morgan fingerprint density at radius 1 is 1.41 bits per heavy atom. The maximum absolute atomic E-state index is 11.9. The Morgan fingerprint density at radius 2 is 2.12 bits per heavy atom. The third-order valence-electron chi connectivity index (χ3n) is 2.34. The van der Waals surface area contributed by atoms with Crippen LogP contribution >= 0.6 is 0 Å². The van der Waals surface area contributed by atoms with Crippen molar-refractivity contribution < 1.29 is 15.0 Å². The molecule has 0 aliphatic rings. The molecule has 0 saturated carbocycles. The van der Waals surface area contributed by atoms with Crippen molar-refractivity contribution in [3.05, 3.63) is 34.6 Å². The van der Waals surface area contributed by atoms with Gasteiger partial charge in [0.2, 0.25) is 0 Å². The molecule has 0 bridgehead atoms. The standard InChI is InChI=1S/C10H9N3O4/c14-5-8(10(16)17)13-9(15)6-3-1-2-4-7(6)11-12-13/h1-4,8,14H,5H2,(H,16,17). The van der Waals surface area contributed by atoms with Crippen LogP contribution < -0.4 is 5.56 Å². The molecule has 0 saturated heterocycles. The lowest BCUT2D eigenvalue weighted by Gasteiger charge is -2.10. The Hall–Kier alpha value is -2.28. The van der Waals surface area contributed by atoms with E-state index >= 15 is 0 Å². The van der Waals surface area contributed by atoms with E-state index in [0.717, 1.165) is 0 Å². The second-order valence-electron chi connectivity index (χ2n) is 3.39. The van der Waals surface area contributed by atoms with Gasteiger partial charge in [-0.05, 0) is 12.1 Å². The molecule has 1 aromatic carbocycles. The second kappa shape index (κ2) is 4.30. The van der Waals surface area contributed by atoms with Crippen molar-refractivity contribution >= 4 is 16.9 Å². The van der Waals surface area contributed by atoms with E-state index in [1.54, 1.807) is 18.2 Å². The van der Waals surface area contributed by atoms with Gasteiger partial charge in [0.15, 0.2) is 6.04 Å². The summed E-state index contributed by atoms with van der Waals surface area (Å²) in [5.74, 6) is -1.33. The summed E-state index contributed by atoms with van der Waals surface area (Å²) in [4.78, 5) is 22.8. The number of aliphatic hydroxyl groups excluding tert-OH is 1. The largest absolute Gasteiger partial charge is 0.480 e. The van der Waals surface area contributed by atoms with Crippen LogP contribution in [0.1, 0.15) is 6.04 Å². The Morgan fingerprint density at radius 3 is 2.76 bits per heavy atom. The molecule has 88 valence electrons. The van der Waals surface area contributed by atoms with Gasteiger partial charge in [-0.2, -0.15) is 4.68 Å². The number of aromatic nitrogens is 3. The molecule has 2 rings (SSSR count). The predicted molar refractivity (Wildman–Crippen MR) is 57.6 cm³/mol. The van der Waals surface area contributed by atoms with E-state index in [9.17, 15) is 9.59 Å². The topological polar surface area (TPSA) is 105 Å². The third-order valence-corrected chi connectivity index (χ3v) is 2.34. The van der Waals surface area contributed by atoms with Gasteiger partial charge >= 0.3 is 5.97 Å². The molecular weight excluding hydrogens is 226 g/mol. The van der Waals surface area contributed by atoms with Gasteiger partial charge in [-0.25, -0.2) is 4.79 Å². The Labute approximate surface area is 94.9 Å². The van der Waals surface area contributed by atoms with Crippen molar-refractivity contribution in [3.63, 3.8) is 0 Å². The highest BCUT2D eigenvalue weighted by atomic mass is 16.4. The number of carboxylic acid groups (broad SMARTS) is 1. The van der Waals surface area contributed by atoms with Crippen molar-refractivity contribution in [2.75, 3.05) is 6.61 Å². The zero-order chi connectivity index (χ0) is 12.4. The SMILES string of the molecule is O=C(O)C(CO)n1nnc2ccccc2c1=O. The van der Waals surface area contributed by atoms with Crippen LogP contribution in [0.4, 0.5) is 0 Å². The maximum Gasteiger partial charge on any atom is 0.331 e. The molecule has 17 heavy (non-hydrogen) atoms. The highest BCUT2D eigenvalue weighted by Crippen LogP contribution is 2.06. The minimum Gasteiger partial charge on any atom is -0.480 e. The lowest BCUT2D eigenvalue weighted by atomic mass is 10.2. The second-order valence-corrected chi connectivity index (χ2v) is 3.39. The van der Waals surface area contributed by atoms with E-state index in [1.807, 2.05) is 0 Å². The smallest absolute Gasteiger partial charge is 0.331 e. The van der Waals surface area contributed by atoms with Gasteiger partial charge in [0.25, 0.3) is 5.56 Å². The molecule has 1 atom stereocenters. The molecule has 0 aliphatic heterocycles. The average molecular weight is 235 g/mol. The van der Waals surface area contributed by atoms with Gasteiger partial charge in [-0.1, -0.05) is 17.3 Å². The predicted octanol–water partition coefficient (Wildman–Crippen LogP) is -0.591. The minimum absolute atomic E-state index is 0.266. The normalized spacial score (nSPS) is 12.5. The van der Waals surface area contributed by atoms with Gasteiger partial charge in [0.05, 0.1) is 12.0 Å². The molecule has 1 unspecified atom stereocenters. The van der Waals surface area contributed by atoms with E-state index < -0.39 is 24.2 Å². The van der Waals surface area contributed by atoms with Crippen LogP contribution in [-0.2, 0) is 4.79 Å². The fourth-order valence-corrected chi connectivity index (χ4v) is 1.47. The summed E-state index contributed by atoms with van der Waals surface area (Å²) in [5, 5.41) is 25.3. The minimum atomic E-state index is -1.42. The molecule has 0 fully saturated rings. The number of hydrogen-bond acceptors (Lipinski definition) is 5. The van der Waals surface area contributed by atoms with Crippen molar-refractivity contribution in [3.8, 4) is 0 Å². The number of carbonyl (C=O) groups is 1. The number of aliphatic carboxylic acids is 1. The molecule has 0 radical (unpaired) electrons.